The predicted molar refractivity (Wildman–Crippen MR) is 83.9 cm³/mol. The van der Waals surface area contributed by atoms with Crippen molar-refractivity contribution in [2.24, 2.45) is 7.05 Å². The van der Waals surface area contributed by atoms with Crippen molar-refractivity contribution >= 4 is 18.1 Å². The number of benzene rings is 1. The van der Waals surface area contributed by atoms with E-state index in [1.54, 1.807) is 27.8 Å². The molecule has 0 aliphatic carbocycles. The van der Waals surface area contributed by atoms with E-state index in [-0.39, 0.29) is 5.69 Å². The van der Waals surface area contributed by atoms with Gasteiger partial charge in [0, 0.05) is 12.6 Å². The molecule has 6 heteroatoms. The molecule has 0 fully saturated rings. The third-order valence-corrected chi connectivity index (χ3v) is 2.88. The maximum Gasteiger partial charge on any atom is 0.412 e. The number of ether oxygens (including phenoxy) is 1. The fourth-order valence-corrected chi connectivity index (χ4v) is 2.00. The molecule has 0 aliphatic rings. The Hall–Kier alpha value is -2.63. The first-order valence-electron chi connectivity index (χ1n) is 6.89. The number of carbonyl (C=O) groups excluding carboxylic acids is 2. The molecule has 1 heterocycles. The number of aldehydes is 1. The van der Waals surface area contributed by atoms with E-state index in [2.05, 4.69) is 10.4 Å². The zero-order chi connectivity index (χ0) is 16.3. The molecule has 0 aliphatic heterocycles. The van der Waals surface area contributed by atoms with Crippen LogP contribution in [-0.2, 0) is 11.8 Å². The van der Waals surface area contributed by atoms with E-state index in [1.165, 1.54) is 4.68 Å². The summed E-state index contributed by atoms with van der Waals surface area (Å²) in [5.74, 6) is 0. The third-order valence-electron chi connectivity index (χ3n) is 2.88. The van der Waals surface area contributed by atoms with Crippen LogP contribution in [0.2, 0.25) is 0 Å². The van der Waals surface area contributed by atoms with E-state index >= 15 is 0 Å². The molecule has 0 saturated carbocycles. The average Bonchev–Trinajstić information content (AvgIpc) is 2.73. The van der Waals surface area contributed by atoms with E-state index in [0.717, 1.165) is 5.56 Å². The summed E-state index contributed by atoms with van der Waals surface area (Å²) < 4.78 is 6.67. The Morgan fingerprint density at radius 2 is 1.91 bits per heavy atom. The monoisotopic (exact) mass is 301 g/mol. The molecule has 0 unspecified atom stereocenters. The molecule has 2 aromatic rings. The lowest BCUT2D eigenvalue weighted by molar-refractivity contribution is 0.0636. The number of amides is 1. The van der Waals surface area contributed by atoms with E-state index < -0.39 is 11.7 Å². The molecule has 6 nitrogen and oxygen atoms in total. The molecule has 1 N–H and O–H groups in total. The van der Waals surface area contributed by atoms with Crippen molar-refractivity contribution in [3.05, 3.63) is 36.0 Å². The number of aryl methyl sites for hydroxylation is 1. The van der Waals surface area contributed by atoms with Crippen molar-refractivity contribution in [1.29, 1.82) is 0 Å². The van der Waals surface area contributed by atoms with Gasteiger partial charge in [-0.2, -0.15) is 5.10 Å². The van der Waals surface area contributed by atoms with Crippen molar-refractivity contribution in [2.75, 3.05) is 5.32 Å². The minimum Gasteiger partial charge on any atom is -0.444 e. The van der Waals surface area contributed by atoms with E-state index in [4.69, 9.17) is 4.74 Å². The van der Waals surface area contributed by atoms with Gasteiger partial charge in [-0.1, -0.05) is 30.3 Å². The molecule has 1 amide bonds. The summed E-state index contributed by atoms with van der Waals surface area (Å²) in [6.45, 7) is 5.32. The van der Waals surface area contributed by atoms with Crippen LogP contribution in [0, 0.1) is 0 Å². The number of hydrogen-bond acceptors (Lipinski definition) is 4. The quantitative estimate of drug-likeness (QED) is 0.883. The maximum absolute atomic E-state index is 12.0. The average molecular weight is 301 g/mol. The zero-order valence-corrected chi connectivity index (χ0v) is 13.1. The second-order valence-electron chi connectivity index (χ2n) is 5.84. The smallest absolute Gasteiger partial charge is 0.412 e. The van der Waals surface area contributed by atoms with Crippen molar-refractivity contribution in [2.45, 2.75) is 26.4 Å². The molecule has 116 valence electrons. The van der Waals surface area contributed by atoms with Crippen LogP contribution in [0.5, 0.6) is 0 Å². The summed E-state index contributed by atoms with van der Waals surface area (Å²) >= 11 is 0. The van der Waals surface area contributed by atoms with Crippen molar-refractivity contribution < 1.29 is 14.3 Å². The maximum atomic E-state index is 12.0. The summed E-state index contributed by atoms with van der Waals surface area (Å²) in [6, 6.07) is 9.33. The first kappa shape index (κ1) is 15.8. The van der Waals surface area contributed by atoms with E-state index in [1.807, 2.05) is 30.3 Å². The summed E-state index contributed by atoms with van der Waals surface area (Å²) in [6.07, 6.45) is 0.0346. The van der Waals surface area contributed by atoms with Gasteiger partial charge >= 0.3 is 6.09 Å². The van der Waals surface area contributed by atoms with Gasteiger partial charge in [0.2, 0.25) is 0 Å². The molecular formula is C16H19N3O3. The minimum absolute atomic E-state index is 0.282. The Balaban J connectivity index is 2.41. The number of hydrogen-bond donors (Lipinski definition) is 1. The fraction of sp³-hybridized carbons (Fsp3) is 0.312. The van der Waals surface area contributed by atoms with Gasteiger partial charge < -0.3 is 4.74 Å². The first-order chi connectivity index (χ1) is 10.3. The summed E-state index contributed by atoms with van der Waals surface area (Å²) in [4.78, 5) is 23.3. The number of aromatic nitrogens is 2. The van der Waals surface area contributed by atoms with Crippen LogP contribution in [0.15, 0.2) is 30.3 Å². The normalized spacial score (nSPS) is 11.1. The highest BCUT2D eigenvalue weighted by molar-refractivity contribution is 5.98. The van der Waals surface area contributed by atoms with Crippen LogP contribution in [0.4, 0.5) is 10.5 Å². The molecule has 0 atom stereocenters. The molecular weight excluding hydrogens is 282 g/mol. The highest BCUT2D eigenvalue weighted by Crippen LogP contribution is 2.29. The van der Waals surface area contributed by atoms with Gasteiger partial charge in [0.25, 0.3) is 0 Å². The van der Waals surface area contributed by atoms with Crippen LogP contribution in [0.25, 0.3) is 11.3 Å². The molecule has 0 saturated heterocycles. The summed E-state index contributed by atoms with van der Waals surface area (Å²) in [5, 5.41) is 6.95. The van der Waals surface area contributed by atoms with E-state index in [9.17, 15) is 9.59 Å². The van der Waals surface area contributed by atoms with E-state index in [0.29, 0.717) is 17.7 Å². The summed E-state index contributed by atoms with van der Waals surface area (Å²) in [5.41, 5.74) is 1.33. The Labute approximate surface area is 129 Å². The molecule has 1 aromatic carbocycles. The van der Waals surface area contributed by atoms with Crippen molar-refractivity contribution in [3.63, 3.8) is 0 Å². The number of anilines is 1. The topological polar surface area (TPSA) is 73.2 Å². The van der Waals surface area contributed by atoms with Gasteiger partial charge in [0.15, 0.2) is 6.29 Å². The van der Waals surface area contributed by atoms with Crippen molar-refractivity contribution in [3.8, 4) is 11.3 Å². The SMILES string of the molecule is Cn1nc(-c2ccccc2)c(NC(=O)OC(C)(C)C)c1C=O. The van der Waals surface area contributed by atoms with Gasteiger partial charge in [0.05, 0.1) is 0 Å². The third kappa shape index (κ3) is 3.52. The van der Waals surface area contributed by atoms with Crippen LogP contribution >= 0.6 is 0 Å². The van der Waals surface area contributed by atoms with Crippen LogP contribution in [-0.4, -0.2) is 27.8 Å². The molecule has 0 radical (unpaired) electrons. The van der Waals surface area contributed by atoms with Gasteiger partial charge in [-0.05, 0) is 20.8 Å². The number of rotatable bonds is 3. The lowest BCUT2D eigenvalue weighted by Crippen LogP contribution is -2.27. The predicted octanol–water partition coefficient (Wildman–Crippen LogP) is 3.25. The first-order valence-corrected chi connectivity index (χ1v) is 6.89. The van der Waals surface area contributed by atoms with Crippen molar-refractivity contribution in [1.82, 2.24) is 9.78 Å². The lowest BCUT2D eigenvalue weighted by atomic mass is 10.1. The Bertz CT molecular complexity index is 685. The van der Waals surface area contributed by atoms with Gasteiger partial charge in [0.1, 0.15) is 22.7 Å². The van der Waals surface area contributed by atoms with Crippen LogP contribution in [0.1, 0.15) is 31.3 Å². The lowest BCUT2D eigenvalue weighted by Gasteiger charge is -2.19. The fourth-order valence-electron chi connectivity index (χ4n) is 2.00. The standard InChI is InChI=1S/C16H19N3O3/c1-16(2,3)22-15(21)17-14-12(10-20)19(4)18-13(14)11-8-6-5-7-9-11/h5-10H,1-4H3,(H,17,21). The second-order valence-corrected chi connectivity index (χ2v) is 5.84. The Morgan fingerprint density at radius 3 is 2.45 bits per heavy atom. The molecule has 0 spiro atoms. The second kappa shape index (κ2) is 6.01. The Kier molecular flexibility index (Phi) is 4.30. The van der Waals surface area contributed by atoms with Gasteiger partial charge in [-0.15, -0.1) is 0 Å². The number of nitrogens with one attached hydrogen (secondary N) is 1. The molecule has 0 bridgehead atoms. The molecule has 2 rings (SSSR count). The number of carbonyl (C=O) groups is 2. The number of nitrogens with zero attached hydrogens (tertiary/aromatic N) is 2. The molecule has 22 heavy (non-hydrogen) atoms. The minimum atomic E-state index is -0.624. The van der Waals surface area contributed by atoms with Gasteiger partial charge in [-0.25, -0.2) is 4.79 Å². The van der Waals surface area contributed by atoms with Crippen LogP contribution < -0.4 is 5.32 Å². The van der Waals surface area contributed by atoms with Crippen LogP contribution in [0.3, 0.4) is 0 Å². The highest BCUT2D eigenvalue weighted by Gasteiger charge is 2.22. The largest absolute Gasteiger partial charge is 0.444 e. The van der Waals surface area contributed by atoms with Gasteiger partial charge in [-0.3, -0.25) is 14.8 Å². The Morgan fingerprint density at radius 1 is 1.27 bits per heavy atom. The zero-order valence-electron chi connectivity index (χ0n) is 13.1. The highest BCUT2D eigenvalue weighted by atomic mass is 16.6. The molecule has 1 aromatic heterocycles. The summed E-state index contributed by atoms with van der Waals surface area (Å²) in [7, 11) is 1.65.